The van der Waals surface area contributed by atoms with E-state index in [1.807, 2.05) is 60.8 Å². The number of nitro groups is 1. The van der Waals surface area contributed by atoms with Crippen molar-refractivity contribution in [1.29, 1.82) is 0 Å². The number of fused-ring (bicyclic) bond motifs is 1. The Balaban J connectivity index is 1.34. The van der Waals surface area contributed by atoms with E-state index in [0.717, 1.165) is 22.6 Å². The van der Waals surface area contributed by atoms with Gasteiger partial charge in [0.2, 0.25) is 5.91 Å². The molecule has 190 valence electrons. The van der Waals surface area contributed by atoms with Crippen molar-refractivity contribution < 1.29 is 9.72 Å². The summed E-state index contributed by atoms with van der Waals surface area (Å²) in [5.41, 5.74) is 5.05. The first-order valence-corrected chi connectivity index (χ1v) is 13.0. The summed E-state index contributed by atoms with van der Waals surface area (Å²) >= 11 is 0. The molecule has 2 heterocycles. The zero-order valence-electron chi connectivity index (χ0n) is 20.8. The van der Waals surface area contributed by atoms with Crippen molar-refractivity contribution in [2.75, 3.05) is 5.32 Å². The number of hydrogen-bond acceptors (Lipinski definition) is 5. The highest BCUT2D eigenvalue weighted by Crippen LogP contribution is 2.38. The second-order valence-electron chi connectivity index (χ2n) is 9.88. The van der Waals surface area contributed by atoms with Crippen molar-refractivity contribution in [1.82, 2.24) is 9.97 Å². The molecule has 0 radical (unpaired) electrons. The number of hydrogen-bond donors (Lipinski definition) is 2. The topological polar surface area (TPSA) is 113 Å². The fourth-order valence-electron chi connectivity index (χ4n) is 5.46. The predicted octanol–water partition coefficient (Wildman–Crippen LogP) is 6.89. The van der Waals surface area contributed by atoms with E-state index in [-0.39, 0.29) is 11.6 Å². The van der Waals surface area contributed by atoms with Crippen LogP contribution < -0.4 is 5.32 Å². The van der Waals surface area contributed by atoms with E-state index >= 15 is 0 Å². The molecule has 0 saturated heterocycles. The van der Waals surface area contributed by atoms with Crippen molar-refractivity contribution >= 4 is 28.7 Å². The van der Waals surface area contributed by atoms with E-state index in [1.165, 1.54) is 44.2 Å². The van der Waals surface area contributed by atoms with Crippen LogP contribution in [0.3, 0.4) is 0 Å². The Bertz CT molecular complexity index is 1520. The van der Waals surface area contributed by atoms with Crippen molar-refractivity contribution in [3.63, 3.8) is 0 Å². The Morgan fingerprint density at radius 2 is 1.74 bits per heavy atom. The fourth-order valence-corrected chi connectivity index (χ4v) is 5.46. The number of non-ortho nitro benzene ring substituents is 1. The molecule has 8 heteroatoms. The number of carbonyl (C=O) groups is 1. The van der Waals surface area contributed by atoms with Gasteiger partial charge in [0.15, 0.2) is 0 Å². The lowest BCUT2D eigenvalue weighted by atomic mass is 9.89. The molecule has 2 N–H and O–H groups in total. The van der Waals surface area contributed by atoms with Crippen molar-refractivity contribution in [3.05, 3.63) is 106 Å². The number of anilines is 1. The summed E-state index contributed by atoms with van der Waals surface area (Å²) in [6.45, 7) is 0. The molecular formula is C30H27N5O3. The van der Waals surface area contributed by atoms with Crippen LogP contribution in [0, 0.1) is 10.1 Å². The van der Waals surface area contributed by atoms with Gasteiger partial charge < -0.3 is 10.3 Å². The monoisotopic (exact) mass is 505 g/mol. The fraction of sp³-hybridized carbons (Fsp3) is 0.233. The average molecular weight is 506 g/mol. The summed E-state index contributed by atoms with van der Waals surface area (Å²) < 4.78 is 0. The molecule has 0 spiro atoms. The molecule has 3 aromatic carbocycles. The molecule has 1 aliphatic heterocycles. The van der Waals surface area contributed by atoms with E-state index in [4.69, 9.17) is 4.99 Å². The van der Waals surface area contributed by atoms with Gasteiger partial charge in [-0.1, -0.05) is 61.7 Å². The third-order valence-electron chi connectivity index (χ3n) is 7.44. The van der Waals surface area contributed by atoms with Gasteiger partial charge in [-0.25, -0.2) is 4.98 Å². The Kier molecular flexibility index (Phi) is 6.29. The lowest BCUT2D eigenvalue weighted by Gasteiger charge is -2.19. The van der Waals surface area contributed by atoms with Crippen LogP contribution in [-0.2, 0) is 4.79 Å². The molecule has 1 fully saturated rings. The minimum atomic E-state index is -0.766. The van der Waals surface area contributed by atoms with Crippen LogP contribution in [0.2, 0.25) is 0 Å². The van der Waals surface area contributed by atoms with Crippen LogP contribution >= 0.6 is 0 Å². The second kappa shape index (κ2) is 10.0. The van der Waals surface area contributed by atoms with E-state index in [2.05, 4.69) is 15.3 Å². The zero-order chi connectivity index (χ0) is 26.1. The number of amides is 1. The lowest BCUT2D eigenvalue weighted by molar-refractivity contribution is -0.384. The number of benzene rings is 3. The van der Waals surface area contributed by atoms with E-state index in [9.17, 15) is 14.9 Å². The number of H-pyrrole nitrogens is 1. The molecule has 1 unspecified atom stereocenters. The third kappa shape index (κ3) is 4.61. The summed E-state index contributed by atoms with van der Waals surface area (Å²) in [7, 11) is 0. The van der Waals surface area contributed by atoms with Crippen molar-refractivity contribution in [2.24, 2.45) is 4.99 Å². The van der Waals surface area contributed by atoms with Crippen LogP contribution in [0.5, 0.6) is 0 Å². The van der Waals surface area contributed by atoms with Crippen molar-refractivity contribution in [2.45, 2.75) is 43.9 Å². The number of imidazole rings is 1. The van der Waals surface area contributed by atoms with Gasteiger partial charge >= 0.3 is 0 Å². The number of aliphatic imine (C=N–C) groups is 1. The number of aromatic nitrogens is 2. The number of nitrogens with zero attached hydrogens (tertiary/aromatic N) is 3. The van der Waals surface area contributed by atoms with Gasteiger partial charge in [-0.15, -0.1) is 0 Å². The second-order valence-corrected chi connectivity index (χ2v) is 9.88. The number of nitrogens with one attached hydrogen (secondary N) is 2. The molecule has 38 heavy (non-hydrogen) atoms. The van der Waals surface area contributed by atoms with Crippen LogP contribution in [0.1, 0.15) is 60.9 Å². The first-order valence-electron chi connectivity index (χ1n) is 13.0. The minimum absolute atomic E-state index is 0.0610. The Morgan fingerprint density at radius 3 is 2.47 bits per heavy atom. The normalized spacial score (nSPS) is 17.7. The van der Waals surface area contributed by atoms with Gasteiger partial charge in [-0.2, -0.15) is 0 Å². The van der Waals surface area contributed by atoms with Gasteiger partial charge in [0.05, 0.1) is 28.2 Å². The van der Waals surface area contributed by atoms with E-state index in [0.29, 0.717) is 28.6 Å². The maximum atomic E-state index is 13.1. The highest BCUT2D eigenvalue weighted by Gasteiger charge is 2.36. The molecular weight excluding hydrogens is 478 g/mol. The standard InChI is InChI=1S/C30H27N5O3/c36-30-27(24-17-23(35(37)38)15-16-25(24)34-30)28(20-7-3-1-4-8-20)32-22-13-11-19(12-14-22)26-18-31-29(33-26)21-9-5-2-6-10-21/h1,3-4,7-8,11-18,21,27H,2,5-6,9-10H2,(H,31,33)(H,34,36). The maximum absolute atomic E-state index is 13.1. The molecule has 4 aromatic rings. The molecule has 1 atom stereocenters. The Labute approximate surface area is 220 Å². The van der Waals surface area contributed by atoms with Gasteiger partial charge in [0, 0.05) is 29.3 Å². The molecule has 2 aliphatic rings. The van der Waals surface area contributed by atoms with Crippen LogP contribution in [0.15, 0.2) is 84.0 Å². The van der Waals surface area contributed by atoms with Gasteiger partial charge in [-0.05, 0) is 42.2 Å². The highest BCUT2D eigenvalue weighted by atomic mass is 16.6. The van der Waals surface area contributed by atoms with Crippen LogP contribution in [0.25, 0.3) is 11.3 Å². The SMILES string of the molecule is O=C1Nc2ccc([N+](=O)[O-])cc2C1C(=Nc1ccc(-c2cnc(C3CCCCC3)[nH]2)cc1)c1ccccc1. The summed E-state index contributed by atoms with van der Waals surface area (Å²) in [5.74, 6) is 0.546. The minimum Gasteiger partial charge on any atom is -0.342 e. The number of nitro benzene ring substituents is 1. The Morgan fingerprint density at radius 1 is 0.974 bits per heavy atom. The first-order chi connectivity index (χ1) is 18.6. The maximum Gasteiger partial charge on any atom is 0.269 e. The van der Waals surface area contributed by atoms with Crippen LogP contribution in [-0.4, -0.2) is 26.5 Å². The predicted molar refractivity (Wildman–Crippen MR) is 147 cm³/mol. The molecule has 1 amide bonds. The van der Waals surface area contributed by atoms with Crippen LogP contribution in [0.4, 0.5) is 17.1 Å². The molecule has 1 aromatic heterocycles. The molecule has 8 nitrogen and oxygen atoms in total. The molecule has 1 aliphatic carbocycles. The van der Waals surface area contributed by atoms with Gasteiger partial charge in [-0.3, -0.25) is 19.9 Å². The largest absolute Gasteiger partial charge is 0.342 e. The summed E-state index contributed by atoms with van der Waals surface area (Å²) in [6, 6.07) is 21.7. The number of aromatic amines is 1. The zero-order valence-corrected chi connectivity index (χ0v) is 20.8. The van der Waals surface area contributed by atoms with E-state index in [1.54, 1.807) is 6.07 Å². The quantitative estimate of drug-likeness (QED) is 0.169. The summed E-state index contributed by atoms with van der Waals surface area (Å²) in [4.78, 5) is 37.2. The summed E-state index contributed by atoms with van der Waals surface area (Å²) in [5, 5.41) is 14.3. The first kappa shape index (κ1) is 23.8. The van der Waals surface area contributed by atoms with Gasteiger partial charge in [0.25, 0.3) is 5.69 Å². The summed E-state index contributed by atoms with van der Waals surface area (Å²) in [6.07, 6.45) is 8.09. The smallest absolute Gasteiger partial charge is 0.269 e. The third-order valence-corrected chi connectivity index (χ3v) is 7.44. The molecule has 1 saturated carbocycles. The molecule has 0 bridgehead atoms. The number of rotatable bonds is 6. The lowest BCUT2D eigenvalue weighted by Crippen LogP contribution is -2.22. The Hall–Kier alpha value is -4.59. The van der Waals surface area contributed by atoms with E-state index < -0.39 is 10.8 Å². The molecule has 6 rings (SSSR count). The average Bonchev–Trinajstić information content (AvgIpc) is 3.57. The van der Waals surface area contributed by atoms with Gasteiger partial charge in [0.1, 0.15) is 11.7 Å². The highest BCUT2D eigenvalue weighted by molar-refractivity contribution is 6.24. The van der Waals surface area contributed by atoms with Crippen molar-refractivity contribution in [3.8, 4) is 11.3 Å². The number of carbonyl (C=O) groups excluding carboxylic acids is 1.